The Bertz CT molecular complexity index is 529. The summed E-state index contributed by atoms with van der Waals surface area (Å²) in [6.45, 7) is 2.04. The van der Waals surface area contributed by atoms with Crippen LogP contribution in [0, 0.1) is 6.92 Å². The number of ketones is 1. The predicted molar refractivity (Wildman–Crippen MR) is 76.1 cm³/mol. The zero-order valence-electron chi connectivity index (χ0n) is 11.3. The summed E-state index contributed by atoms with van der Waals surface area (Å²) >= 11 is 0. The van der Waals surface area contributed by atoms with Gasteiger partial charge in [-0.2, -0.15) is 0 Å². The molecule has 0 saturated heterocycles. The molecule has 0 fully saturated rings. The number of methoxy groups -OCH3 is 1. The van der Waals surface area contributed by atoms with E-state index in [0.717, 1.165) is 11.1 Å². The van der Waals surface area contributed by atoms with Gasteiger partial charge in [0, 0.05) is 13.5 Å². The Labute approximate surface area is 114 Å². The molecule has 0 aromatic heterocycles. The average molecular weight is 254 g/mol. The molecule has 0 radical (unpaired) electrons. The van der Waals surface area contributed by atoms with Crippen LogP contribution in [-0.4, -0.2) is 12.9 Å². The van der Waals surface area contributed by atoms with Gasteiger partial charge in [0.05, 0.1) is 0 Å². The van der Waals surface area contributed by atoms with Crippen molar-refractivity contribution in [1.82, 2.24) is 0 Å². The lowest BCUT2D eigenvalue weighted by Gasteiger charge is -2.14. The smallest absolute Gasteiger partial charge is 0.170 e. The number of ether oxygens (including phenoxy) is 1. The van der Waals surface area contributed by atoms with Crippen LogP contribution in [0.25, 0.3) is 0 Å². The van der Waals surface area contributed by atoms with Gasteiger partial charge in [-0.15, -0.1) is 0 Å². The summed E-state index contributed by atoms with van der Waals surface area (Å²) in [7, 11) is 1.57. The number of Topliss-reactive ketones (excluding diaryl/α,β-unsaturated/α-hetero) is 1. The maximum atomic E-state index is 12.3. The highest BCUT2D eigenvalue weighted by atomic mass is 16.5. The molecule has 1 atom stereocenters. The molecule has 0 aliphatic rings. The molecule has 98 valence electrons. The van der Waals surface area contributed by atoms with Crippen molar-refractivity contribution < 1.29 is 9.53 Å². The molecule has 2 nitrogen and oxygen atoms in total. The van der Waals surface area contributed by atoms with Crippen LogP contribution in [0.15, 0.2) is 54.6 Å². The molecule has 0 aliphatic heterocycles. The molecule has 2 rings (SSSR count). The lowest BCUT2D eigenvalue weighted by molar-refractivity contribution is -0.128. The van der Waals surface area contributed by atoms with Gasteiger partial charge in [0.25, 0.3) is 0 Å². The number of rotatable bonds is 5. The fourth-order valence-corrected chi connectivity index (χ4v) is 2.08. The molecular weight excluding hydrogens is 236 g/mol. The van der Waals surface area contributed by atoms with Gasteiger partial charge in [-0.1, -0.05) is 60.2 Å². The van der Waals surface area contributed by atoms with Crippen LogP contribution in [0.1, 0.15) is 22.8 Å². The van der Waals surface area contributed by atoms with E-state index in [0.29, 0.717) is 6.42 Å². The van der Waals surface area contributed by atoms with Crippen LogP contribution in [0.3, 0.4) is 0 Å². The molecule has 1 unspecified atom stereocenters. The standard InChI is InChI=1S/C17H18O2/c1-13-8-10-14(11-9-13)12-16(18)17(19-2)15-6-4-3-5-7-15/h3-11,17H,12H2,1-2H3. The number of carbonyl (C=O) groups is 1. The fraction of sp³-hybridized carbons (Fsp3) is 0.235. The van der Waals surface area contributed by atoms with Gasteiger partial charge in [0.15, 0.2) is 5.78 Å². The van der Waals surface area contributed by atoms with E-state index in [1.54, 1.807) is 7.11 Å². The molecule has 0 N–H and O–H groups in total. The van der Waals surface area contributed by atoms with E-state index in [1.165, 1.54) is 5.56 Å². The highest BCUT2D eigenvalue weighted by Crippen LogP contribution is 2.19. The van der Waals surface area contributed by atoms with Crippen LogP contribution in [-0.2, 0) is 16.0 Å². The van der Waals surface area contributed by atoms with E-state index in [-0.39, 0.29) is 5.78 Å². The Morgan fingerprint density at radius 1 is 1.05 bits per heavy atom. The van der Waals surface area contributed by atoms with Crippen molar-refractivity contribution in [3.8, 4) is 0 Å². The highest BCUT2D eigenvalue weighted by Gasteiger charge is 2.19. The minimum absolute atomic E-state index is 0.0811. The van der Waals surface area contributed by atoms with Crippen molar-refractivity contribution in [2.24, 2.45) is 0 Å². The topological polar surface area (TPSA) is 26.3 Å². The molecule has 0 spiro atoms. The number of aryl methyl sites for hydroxylation is 1. The second-order valence-corrected chi connectivity index (χ2v) is 4.66. The molecule has 0 amide bonds. The summed E-state index contributed by atoms with van der Waals surface area (Å²) in [6, 6.07) is 17.6. The first kappa shape index (κ1) is 13.5. The van der Waals surface area contributed by atoms with Gasteiger partial charge in [0.2, 0.25) is 0 Å². The van der Waals surface area contributed by atoms with E-state index in [4.69, 9.17) is 4.74 Å². The molecule has 19 heavy (non-hydrogen) atoms. The van der Waals surface area contributed by atoms with Crippen LogP contribution < -0.4 is 0 Å². The van der Waals surface area contributed by atoms with Crippen LogP contribution in [0.2, 0.25) is 0 Å². The fourth-order valence-electron chi connectivity index (χ4n) is 2.08. The number of hydrogen-bond donors (Lipinski definition) is 0. The van der Waals surface area contributed by atoms with Gasteiger partial charge in [-0.25, -0.2) is 0 Å². The molecule has 0 heterocycles. The van der Waals surface area contributed by atoms with Gasteiger partial charge in [-0.3, -0.25) is 4.79 Å². The Morgan fingerprint density at radius 3 is 2.26 bits per heavy atom. The van der Waals surface area contributed by atoms with E-state index in [1.807, 2.05) is 61.5 Å². The lowest BCUT2D eigenvalue weighted by Crippen LogP contribution is -2.16. The van der Waals surface area contributed by atoms with Gasteiger partial charge in [0.1, 0.15) is 6.10 Å². The van der Waals surface area contributed by atoms with Gasteiger partial charge in [-0.05, 0) is 18.1 Å². The van der Waals surface area contributed by atoms with Crippen molar-refractivity contribution in [3.63, 3.8) is 0 Å². The summed E-state index contributed by atoms with van der Waals surface area (Å²) in [5.41, 5.74) is 3.12. The van der Waals surface area contributed by atoms with Crippen molar-refractivity contribution in [1.29, 1.82) is 0 Å². The Kier molecular flexibility index (Phi) is 4.48. The normalized spacial score (nSPS) is 12.1. The molecular formula is C17H18O2. The first-order chi connectivity index (χ1) is 9.20. The molecule has 0 bridgehead atoms. The summed E-state index contributed by atoms with van der Waals surface area (Å²) in [4.78, 5) is 12.3. The van der Waals surface area contributed by atoms with Crippen LogP contribution in [0.4, 0.5) is 0 Å². The SMILES string of the molecule is COC(C(=O)Cc1ccc(C)cc1)c1ccccc1. The highest BCUT2D eigenvalue weighted by molar-refractivity contribution is 5.86. The van der Waals surface area contributed by atoms with Crippen molar-refractivity contribution in [2.45, 2.75) is 19.4 Å². The lowest BCUT2D eigenvalue weighted by atomic mass is 9.99. The third-order valence-electron chi connectivity index (χ3n) is 3.13. The summed E-state index contributed by atoms with van der Waals surface area (Å²) in [5, 5.41) is 0. The summed E-state index contributed by atoms with van der Waals surface area (Å²) < 4.78 is 5.34. The summed E-state index contributed by atoms with van der Waals surface area (Å²) in [6.07, 6.45) is -0.0873. The van der Waals surface area contributed by atoms with Crippen LogP contribution in [0.5, 0.6) is 0 Å². The van der Waals surface area contributed by atoms with Gasteiger partial charge < -0.3 is 4.74 Å². The number of carbonyl (C=O) groups excluding carboxylic acids is 1. The van der Waals surface area contributed by atoms with Gasteiger partial charge >= 0.3 is 0 Å². The van der Waals surface area contributed by atoms with Crippen molar-refractivity contribution in [2.75, 3.05) is 7.11 Å². The van der Waals surface area contributed by atoms with Crippen LogP contribution >= 0.6 is 0 Å². The summed E-state index contributed by atoms with van der Waals surface area (Å²) in [5.74, 6) is 0.0811. The first-order valence-electron chi connectivity index (χ1n) is 6.36. The minimum atomic E-state index is -0.484. The first-order valence-corrected chi connectivity index (χ1v) is 6.36. The second kappa shape index (κ2) is 6.30. The van der Waals surface area contributed by atoms with E-state index in [2.05, 4.69) is 0 Å². The zero-order chi connectivity index (χ0) is 13.7. The van der Waals surface area contributed by atoms with E-state index >= 15 is 0 Å². The zero-order valence-corrected chi connectivity index (χ0v) is 11.3. The number of hydrogen-bond acceptors (Lipinski definition) is 2. The van der Waals surface area contributed by atoms with Crippen molar-refractivity contribution >= 4 is 5.78 Å². The van der Waals surface area contributed by atoms with Crippen molar-refractivity contribution in [3.05, 3.63) is 71.3 Å². The predicted octanol–water partition coefficient (Wildman–Crippen LogP) is 3.49. The second-order valence-electron chi connectivity index (χ2n) is 4.66. The minimum Gasteiger partial charge on any atom is -0.369 e. The molecule has 0 aliphatic carbocycles. The van der Waals surface area contributed by atoms with E-state index in [9.17, 15) is 4.79 Å². The quantitative estimate of drug-likeness (QED) is 0.816. The molecule has 0 saturated carbocycles. The third-order valence-corrected chi connectivity index (χ3v) is 3.13. The third kappa shape index (κ3) is 3.52. The Balaban J connectivity index is 2.11. The Hall–Kier alpha value is -1.93. The largest absolute Gasteiger partial charge is 0.369 e. The maximum Gasteiger partial charge on any atom is 0.170 e. The van der Waals surface area contributed by atoms with E-state index < -0.39 is 6.10 Å². The molecule has 2 aromatic rings. The number of benzene rings is 2. The monoisotopic (exact) mass is 254 g/mol. The average Bonchev–Trinajstić information content (AvgIpc) is 2.43. The molecule has 2 aromatic carbocycles. The maximum absolute atomic E-state index is 12.3. The molecule has 2 heteroatoms. The Morgan fingerprint density at radius 2 is 1.68 bits per heavy atom.